The average molecular weight is 395 g/mol. The highest BCUT2D eigenvalue weighted by Crippen LogP contribution is 2.40. The lowest BCUT2D eigenvalue weighted by Crippen LogP contribution is -2.09. The average Bonchev–Trinajstić information content (AvgIpc) is 3.09. The summed E-state index contributed by atoms with van der Waals surface area (Å²) in [5.41, 5.74) is 2.70. The van der Waals surface area contributed by atoms with Crippen LogP contribution in [0.1, 0.15) is 26.4 Å². The highest BCUT2D eigenvalue weighted by Gasteiger charge is 2.25. The molecule has 0 aliphatic heterocycles. The summed E-state index contributed by atoms with van der Waals surface area (Å²) >= 11 is 0. The third-order valence-electron chi connectivity index (χ3n) is 4.58. The van der Waals surface area contributed by atoms with Gasteiger partial charge in [0.05, 0.1) is 43.8 Å². The fraction of sp³-hybridized carbons (Fsp3) is 0.182. The minimum Gasteiger partial charge on any atom is -0.493 e. The van der Waals surface area contributed by atoms with Crippen molar-refractivity contribution in [2.75, 3.05) is 21.3 Å². The van der Waals surface area contributed by atoms with Gasteiger partial charge < -0.3 is 23.9 Å². The van der Waals surface area contributed by atoms with Crippen LogP contribution in [0.5, 0.6) is 11.5 Å². The largest absolute Gasteiger partial charge is 0.493 e. The second kappa shape index (κ2) is 8.10. The van der Waals surface area contributed by atoms with Gasteiger partial charge in [-0.3, -0.25) is 0 Å². The Morgan fingerprint density at radius 2 is 1.66 bits per heavy atom. The summed E-state index contributed by atoms with van der Waals surface area (Å²) < 4.78 is 17.6. The molecular formula is C22H21NO6. The first-order chi connectivity index (χ1) is 13.9. The van der Waals surface area contributed by atoms with Crippen molar-refractivity contribution < 1.29 is 28.9 Å². The number of carbonyl (C=O) groups is 2. The maximum atomic E-state index is 12.2. The van der Waals surface area contributed by atoms with Gasteiger partial charge in [-0.1, -0.05) is 30.3 Å². The zero-order valence-corrected chi connectivity index (χ0v) is 16.6. The fourth-order valence-corrected chi connectivity index (χ4v) is 3.34. The van der Waals surface area contributed by atoms with E-state index in [0.29, 0.717) is 34.1 Å². The number of aryl methyl sites for hydroxylation is 1. The van der Waals surface area contributed by atoms with Crippen molar-refractivity contribution in [1.29, 1.82) is 0 Å². The standard InChI is InChI=1S/C22H21NO6/c1-13-10-16(21(24)25)19(14-8-6-5-7-9-14)23(13)17-11-15(22(26)29-4)12-18(27-2)20(17)28-3/h5-12H,1-4H3,(H,24,25). The van der Waals surface area contributed by atoms with E-state index in [1.165, 1.54) is 27.4 Å². The Morgan fingerprint density at radius 3 is 2.21 bits per heavy atom. The fourth-order valence-electron chi connectivity index (χ4n) is 3.34. The number of aromatic nitrogens is 1. The van der Waals surface area contributed by atoms with Crippen molar-refractivity contribution >= 4 is 11.9 Å². The summed E-state index contributed by atoms with van der Waals surface area (Å²) in [4.78, 5) is 24.1. The lowest BCUT2D eigenvalue weighted by molar-refractivity contribution is 0.0599. The molecule has 7 nitrogen and oxygen atoms in total. The highest BCUT2D eigenvalue weighted by molar-refractivity contribution is 5.97. The predicted octanol–water partition coefficient (Wildman–Crippen LogP) is 3.95. The summed E-state index contributed by atoms with van der Waals surface area (Å²) in [6.07, 6.45) is 0. The van der Waals surface area contributed by atoms with Gasteiger partial charge >= 0.3 is 11.9 Å². The molecule has 0 bridgehead atoms. The molecule has 0 fully saturated rings. The summed E-state index contributed by atoms with van der Waals surface area (Å²) in [6.45, 7) is 1.79. The first kappa shape index (κ1) is 20.0. The Kier molecular flexibility index (Phi) is 5.59. The topological polar surface area (TPSA) is 87.0 Å². The number of aromatic carboxylic acids is 1. The molecule has 0 saturated heterocycles. The molecule has 2 aromatic carbocycles. The van der Waals surface area contributed by atoms with Gasteiger partial charge in [0, 0.05) is 5.69 Å². The van der Waals surface area contributed by atoms with Crippen molar-refractivity contribution in [3.63, 3.8) is 0 Å². The van der Waals surface area contributed by atoms with Crippen LogP contribution in [-0.2, 0) is 4.74 Å². The number of carboxylic acids is 1. The number of hydrogen-bond acceptors (Lipinski definition) is 5. The minimum absolute atomic E-state index is 0.137. The van der Waals surface area contributed by atoms with E-state index in [1.807, 2.05) is 30.3 Å². The predicted molar refractivity (Wildman–Crippen MR) is 107 cm³/mol. The molecule has 0 atom stereocenters. The molecule has 0 radical (unpaired) electrons. The zero-order valence-electron chi connectivity index (χ0n) is 16.6. The minimum atomic E-state index is -1.05. The quantitative estimate of drug-likeness (QED) is 0.636. The first-order valence-corrected chi connectivity index (χ1v) is 8.78. The molecule has 0 spiro atoms. The first-order valence-electron chi connectivity index (χ1n) is 8.78. The molecule has 0 aliphatic rings. The van der Waals surface area contributed by atoms with Gasteiger partial charge in [-0.15, -0.1) is 0 Å². The van der Waals surface area contributed by atoms with Crippen LogP contribution in [0.15, 0.2) is 48.5 Å². The Bertz CT molecular complexity index is 1070. The summed E-state index contributed by atoms with van der Waals surface area (Å²) in [5.74, 6) is -0.903. The van der Waals surface area contributed by atoms with Gasteiger partial charge in [0.1, 0.15) is 0 Å². The van der Waals surface area contributed by atoms with Crippen LogP contribution in [0.3, 0.4) is 0 Å². The lowest BCUT2D eigenvalue weighted by atomic mass is 10.1. The lowest BCUT2D eigenvalue weighted by Gasteiger charge is -2.19. The molecule has 1 aromatic heterocycles. The van der Waals surface area contributed by atoms with E-state index in [2.05, 4.69) is 0 Å². The van der Waals surface area contributed by atoms with Gasteiger partial charge in [0.2, 0.25) is 0 Å². The second-order valence-corrected chi connectivity index (χ2v) is 6.28. The van der Waals surface area contributed by atoms with E-state index in [1.54, 1.807) is 23.6 Å². The van der Waals surface area contributed by atoms with Crippen molar-refractivity contribution in [3.8, 4) is 28.4 Å². The third-order valence-corrected chi connectivity index (χ3v) is 4.58. The van der Waals surface area contributed by atoms with Crippen LogP contribution in [0.25, 0.3) is 16.9 Å². The molecule has 0 amide bonds. The normalized spacial score (nSPS) is 10.5. The zero-order chi connectivity index (χ0) is 21.1. The van der Waals surface area contributed by atoms with E-state index < -0.39 is 11.9 Å². The number of benzene rings is 2. The van der Waals surface area contributed by atoms with Gasteiger partial charge in [-0.05, 0) is 30.7 Å². The Morgan fingerprint density at radius 1 is 0.966 bits per heavy atom. The Hall–Kier alpha value is -3.74. The SMILES string of the molecule is COC(=O)c1cc(OC)c(OC)c(-n2c(C)cc(C(=O)O)c2-c2ccccc2)c1. The molecule has 0 aliphatic carbocycles. The van der Waals surface area contributed by atoms with Gasteiger partial charge in [0.15, 0.2) is 11.5 Å². The Balaban J connectivity index is 2.42. The Labute approximate surface area is 168 Å². The summed E-state index contributed by atoms with van der Waals surface area (Å²) in [5, 5.41) is 9.78. The van der Waals surface area contributed by atoms with Gasteiger partial charge in [-0.2, -0.15) is 0 Å². The molecular weight excluding hydrogens is 374 g/mol. The number of nitrogens with zero attached hydrogens (tertiary/aromatic N) is 1. The van der Waals surface area contributed by atoms with Crippen LogP contribution < -0.4 is 9.47 Å². The van der Waals surface area contributed by atoms with Crippen LogP contribution in [0, 0.1) is 6.92 Å². The number of hydrogen-bond donors (Lipinski definition) is 1. The van der Waals surface area contributed by atoms with Crippen molar-refractivity contribution in [2.24, 2.45) is 0 Å². The molecule has 3 rings (SSSR count). The monoisotopic (exact) mass is 395 g/mol. The summed E-state index contributed by atoms with van der Waals surface area (Å²) in [6, 6.07) is 13.9. The van der Waals surface area contributed by atoms with E-state index >= 15 is 0 Å². The van der Waals surface area contributed by atoms with Gasteiger partial charge in [-0.25, -0.2) is 9.59 Å². The van der Waals surface area contributed by atoms with Crippen molar-refractivity contribution in [1.82, 2.24) is 4.57 Å². The highest BCUT2D eigenvalue weighted by atomic mass is 16.5. The number of carboxylic acid groups (broad SMARTS) is 1. The van der Waals surface area contributed by atoms with Crippen LogP contribution in [0.2, 0.25) is 0 Å². The molecule has 0 saturated carbocycles. The van der Waals surface area contributed by atoms with E-state index in [0.717, 1.165) is 0 Å². The van der Waals surface area contributed by atoms with E-state index in [9.17, 15) is 14.7 Å². The smallest absolute Gasteiger partial charge is 0.338 e. The van der Waals surface area contributed by atoms with E-state index in [4.69, 9.17) is 14.2 Å². The molecule has 1 heterocycles. The molecule has 150 valence electrons. The molecule has 0 unspecified atom stereocenters. The number of ether oxygens (including phenoxy) is 3. The number of rotatable bonds is 6. The summed E-state index contributed by atoms with van der Waals surface area (Å²) in [7, 11) is 4.24. The maximum Gasteiger partial charge on any atom is 0.338 e. The third kappa shape index (κ3) is 3.54. The van der Waals surface area contributed by atoms with Gasteiger partial charge in [0.25, 0.3) is 0 Å². The maximum absolute atomic E-state index is 12.2. The van der Waals surface area contributed by atoms with Crippen molar-refractivity contribution in [3.05, 3.63) is 65.4 Å². The number of methoxy groups -OCH3 is 3. The van der Waals surface area contributed by atoms with Crippen LogP contribution in [-0.4, -0.2) is 42.9 Å². The molecule has 7 heteroatoms. The number of esters is 1. The molecule has 3 aromatic rings. The van der Waals surface area contributed by atoms with Crippen molar-refractivity contribution in [2.45, 2.75) is 6.92 Å². The molecule has 29 heavy (non-hydrogen) atoms. The number of carbonyl (C=O) groups excluding carboxylic acids is 1. The van der Waals surface area contributed by atoms with Crippen LogP contribution >= 0.6 is 0 Å². The van der Waals surface area contributed by atoms with Crippen LogP contribution in [0.4, 0.5) is 0 Å². The second-order valence-electron chi connectivity index (χ2n) is 6.28. The van der Waals surface area contributed by atoms with E-state index in [-0.39, 0.29) is 11.1 Å². The molecule has 1 N–H and O–H groups in total.